The van der Waals surface area contributed by atoms with Crippen LogP contribution in [0.4, 0.5) is 0 Å². The van der Waals surface area contributed by atoms with Crippen molar-refractivity contribution in [2.45, 2.75) is 155 Å². The first-order valence-electron chi connectivity index (χ1n) is 14.2. The summed E-state index contributed by atoms with van der Waals surface area (Å²) >= 11 is 3.33. The summed E-state index contributed by atoms with van der Waals surface area (Å²) in [5.41, 5.74) is 0. The van der Waals surface area contributed by atoms with Crippen molar-refractivity contribution >= 4 is 33.5 Å². The van der Waals surface area contributed by atoms with Crippen LogP contribution in [0, 0.1) is 0 Å². The van der Waals surface area contributed by atoms with Crippen molar-refractivity contribution in [3.63, 3.8) is 0 Å². The quantitative estimate of drug-likeness (QED) is 0.0553. The lowest BCUT2D eigenvalue weighted by Gasteiger charge is -2.12. The molecule has 0 aliphatic carbocycles. The van der Waals surface area contributed by atoms with E-state index in [1.165, 1.54) is 116 Å². The maximum atomic E-state index is 11.7. The van der Waals surface area contributed by atoms with E-state index >= 15 is 0 Å². The molecule has 0 rings (SSSR count). The topological polar surface area (TPSA) is 61.8 Å². The highest BCUT2D eigenvalue weighted by molar-refractivity contribution is 7.96. The number of unbranched alkanes of at least 4 members (excludes halogenated alkanes) is 16. The first kappa shape index (κ1) is 36.8. The van der Waals surface area contributed by atoms with Crippen molar-refractivity contribution in [2.75, 3.05) is 14.2 Å². The molecular formula is C28H56O5SSi. The van der Waals surface area contributed by atoms with Crippen molar-refractivity contribution in [1.29, 1.82) is 0 Å². The fourth-order valence-corrected chi connectivity index (χ4v) is 4.60. The number of thiol groups is 1. The van der Waals surface area contributed by atoms with Gasteiger partial charge in [0.1, 0.15) is 0 Å². The molecule has 0 aliphatic rings. The molecule has 0 fully saturated rings. The third kappa shape index (κ3) is 35.9. The van der Waals surface area contributed by atoms with Crippen LogP contribution < -0.4 is 0 Å². The molecule has 0 saturated heterocycles. The largest absolute Gasteiger partial charge is 0.516 e. The molecule has 35 heavy (non-hydrogen) atoms. The molecule has 208 valence electrons. The number of ether oxygens (including phenoxy) is 2. The predicted octanol–water partition coefficient (Wildman–Crippen LogP) is 8.47. The zero-order chi connectivity index (χ0) is 26.4. The summed E-state index contributed by atoms with van der Waals surface area (Å²) in [6.45, 7) is 3.61. The second-order valence-electron chi connectivity index (χ2n) is 9.34. The van der Waals surface area contributed by atoms with Crippen LogP contribution in [0.15, 0.2) is 0 Å². The van der Waals surface area contributed by atoms with Gasteiger partial charge in [-0.2, -0.15) is 0 Å². The van der Waals surface area contributed by atoms with Crippen molar-refractivity contribution in [2.24, 2.45) is 0 Å². The van der Waals surface area contributed by atoms with Gasteiger partial charge >= 0.3 is 9.76 Å². The summed E-state index contributed by atoms with van der Waals surface area (Å²) in [5, 5.41) is -0.139. The second-order valence-corrected chi connectivity index (χ2v) is 11.0. The fourth-order valence-electron chi connectivity index (χ4n) is 3.84. The summed E-state index contributed by atoms with van der Waals surface area (Å²) in [7, 11) is 3.80. The average molecular weight is 533 g/mol. The minimum Gasteiger partial charge on any atom is -0.516 e. The maximum Gasteiger partial charge on any atom is 0.314 e. The molecule has 0 spiro atoms. The van der Waals surface area contributed by atoms with Gasteiger partial charge in [0, 0.05) is 27.6 Å². The number of carbonyl (C=O) groups excluding carboxylic acids is 2. The van der Waals surface area contributed by atoms with E-state index in [0.717, 1.165) is 18.9 Å². The number of carbonyl (C=O) groups is 2. The standard InChI is InChI=1S/C26H52O4Si.C2H4OS/c1-4-5-6-21-24-31-30-25(27)22-19-17-15-13-11-9-7-8-10-12-14-16-18-20-23-26(28-2)29-3;1-2(3)4/h26H,4-24H2,1-3H3;1H3,(H,3,4). The first-order chi connectivity index (χ1) is 17.0. The molecule has 0 amide bonds. The summed E-state index contributed by atoms with van der Waals surface area (Å²) in [5.74, 6) is 0.0166. The van der Waals surface area contributed by atoms with Gasteiger partial charge in [0.15, 0.2) is 11.4 Å². The van der Waals surface area contributed by atoms with E-state index in [4.69, 9.17) is 13.9 Å². The maximum absolute atomic E-state index is 11.7. The van der Waals surface area contributed by atoms with Crippen LogP contribution in [0.3, 0.4) is 0 Å². The smallest absolute Gasteiger partial charge is 0.314 e. The van der Waals surface area contributed by atoms with E-state index in [0.29, 0.717) is 16.2 Å². The van der Waals surface area contributed by atoms with Gasteiger partial charge in [-0.05, 0) is 25.3 Å². The molecule has 0 saturated carbocycles. The van der Waals surface area contributed by atoms with Gasteiger partial charge in [-0.15, -0.1) is 12.6 Å². The molecule has 0 N–H and O–H groups in total. The Balaban J connectivity index is 0. The predicted molar refractivity (Wildman–Crippen MR) is 152 cm³/mol. The molecule has 0 aliphatic heterocycles. The zero-order valence-electron chi connectivity index (χ0n) is 23.4. The van der Waals surface area contributed by atoms with Crippen LogP contribution in [0.25, 0.3) is 0 Å². The van der Waals surface area contributed by atoms with E-state index in [9.17, 15) is 9.59 Å². The SMILES string of the molecule is CC(=O)S.CCCCCC[Si]OC(=O)CCCCCCCCCCCCCCCCC(OC)OC. The third-order valence-corrected chi connectivity index (χ3v) is 6.84. The normalized spacial score (nSPS) is 10.8. The van der Waals surface area contributed by atoms with Crippen LogP contribution in [0.5, 0.6) is 0 Å². The summed E-state index contributed by atoms with van der Waals surface area (Å²) in [4.78, 5) is 21.0. The Morgan fingerprint density at radius 3 is 1.51 bits per heavy atom. The summed E-state index contributed by atoms with van der Waals surface area (Å²) in [6, 6.07) is 1.05. The van der Waals surface area contributed by atoms with Crippen molar-refractivity contribution in [3.8, 4) is 0 Å². The van der Waals surface area contributed by atoms with E-state index in [1.807, 2.05) is 0 Å². The van der Waals surface area contributed by atoms with Gasteiger partial charge in [0.25, 0.3) is 5.97 Å². The van der Waals surface area contributed by atoms with Crippen molar-refractivity contribution in [3.05, 3.63) is 0 Å². The van der Waals surface area contributed by atoms with Gasteiger partial charge < -0.3 is 13.9 Å². The minimum absolute atomic E-state index is 0.0166. The molecule has 0 unspecified atom stereocenters. The Kier molecular flexibility index (Phi) is 33.3. The lowest BCUT2D eigenvalue weighted by molar-refractivity contribution is -0.134. The van der Waals surface area contributed by atoms with E-state index < -0.39 is 0 Å². The molecule has 2 radical (unpaired) electrons. The van der Waals surface area contributed by atoms with Crippen LogP contribution in [-0.2, 0) is 23.5 Å². The molecule has 0 heterocycles. The first-order valence-corrected chi connectivity index (χ1v) is 15.7. The minimum atomic E-state index is -0.139. The number of hydrogen-bond acceptors (Lipinski definition) is 5. The molecule has 0 aromatic heterocycles. The monoisotopic (exact) mass is 532 g/mol. The Morgan fingerprint density at radius 1 is 0.686 bits per heavy atom. The Bertz CT molecular complexity index is 443. The third-order valence-electron chi connectivity index (χ3n) is 5.91. The summed E-state index contributed by atoms with van der Waals surface area (Å²) in [6.07, 6.45) is 24.8. The van der Waals surface area contributed by atoms with Gasteiger partial charge in [0.05, 0.1) is 0 Å². The molecule has 0 bridgehead atoms. The van der Waals surface area contributed by atoms with Gasteiger partial charge in [-0.25, -0.2) is 0 Å². The van der Waals surface area contributed by atoms with E-state index in [2.05, 4.69) is 19.6 Å². The molecule has 5 nitrogen and oxygen atoms in total. The lowest BCUT2D eigenvalue weighted by Crippen LogP contribution is -2.12. The average Bonchev–Trinajstić information content (AvgIpc) is 2.83. The second kappa shape index (κ2) is 31.7. The van der Waals surface area contributed by atoms with Crippen LogP contribution in [0.1, 0.15) is 142 Å². The lowest BCUT2D eigenvalue weighted by atomic mass is 10.0. The highest BCUT2D eigenvalue weighted by Gasteiger charge is 2.04. The Hall–Kier alpha value is -0.373. The van der Waals surface area contributed by atoms with Crippen molar-refractivity contribution < 1.29 is 23.5 Å². The molecule has 7 heteroatoms. The van der Waals surface area contributed by atoms with Crippen molar-refractivity contribution in [1.82, 2.24) is 0 Å². The van der Waals surface area contributed by atoms with Gasteiger partial charge in [-0.3, -0.25) is 9.59 Å². The molecule has 0 aromatic rings. The molecular weight excluding hydrogens is 476 g/mol. The van der Waals surface area contributed by atoms with E-state index in [-0.39, 0.29) is 17.4 Å². The highest BCUT2D eigenvalue weighted by atomic mass is 32.1. The zero-order valence-corrected chi connectivity index (χ0v) is 25.3. The molecule has 0 atom stereocenters. The summed E-state index contributed by atoms with van der Waals surface area (Å²) < 4.78 is 15.8. The number of methoxy groups -OCH3 is 2. The van der Waals surface area contributed by atoms with Crippen LogP contribution >= 0.6 is 12.6 Å². The Labute approximate surface area is 225 Å². The Morgan fingerprint density at radius 2 is 1.09 bits per heavy atom. The van der Waals surface area contributed by atoms with Crippen LogP contribution in [-0.4, -0.2) is 41.4 Å². The van der Waals surface area contributed by atoms with Crippen LogP contribution in [0.2, 0.25) is 6.04 Å². The number of rotatable bonds is 25. The molecule has 0 aromatic carbocycles. The van der Waals surface area contributed by atoms with Gasteiger partial charge in [-0.1, -0.05) is 110 Å². The highest BCUT2D eigenvalue weighted by Crippen LogP contribution is 2.14. The van der Waals surface area contributed by atoms with Gasteiger partial charge in [0.2, 0.25) is 0 Å². The number of hydrogen-bond donors (Lipinski definition) is 1. The van der Waals surface area contributed by atoms with E-state index in [1.54, 1.807) is 14.2 Å². The fraction of sp³-hybridized carbons (Fsp3) is 0.929.